The summed E-state index contributed by atoms with van der Waals surface area (Å²) in [5, 5.41) is 19.5. The molecule has 2 saturated heterocycles. The van der Waals surface area contributed by atoms with Crippen LogP contribution in [0.15, 0.2) is 42.5 Å². The van der Waals surface area contributed by atoms with Crippen molar-refractivity contribution in [2.45, 2.75) is 18.5 Å². The van der Waals surface area contributed by atoms with Gasteiger partial charge in [0.15, 0.2) is 0 Å². The van der Waals surface area contributed by atoms with Crippen LogP contribution in [-0.2, 0) is 9.53 Å². The molecule has 3 aliphatic rings. The Morgan fingerprint density at radius 2 is 1.94 bits per heavy atom. The van der Waals surface area contributed by atoms with E-state index in [0.29, 0.717) is 31.9 Å². The highest BCUT2D eigenvalue weighted by Gasteiger charge is 2.47. The molecule has 3 atom stereocenters. The lowest BCUT2D eigenvalue weighted by atomic mass is 9.81. The smallest absolute Gasteiger partial charge is 0.237 e. The first-order valence-electron chi connectivity index (χ1n) is 11.7. The number of morpholine rings is 1. The number of likely N-dealkylation sites (tertiary alicyclic amines) is 1. The number of aliphatic hydroxyl groups excluding tert-OH is 1. The number of benzene rings is 2. The fraction of sp³-hybridized carbons (Fsp3) is 0.462. The monoisotopic (exact) mass is 446 g/mol. The molecule has 172 valence electrons. The molecule has 0 saturated carbocycles. The quantitative estimate of drug-likeness (QED) is 0.776. The van der Waals surface area contributed by atoms with Gasteiger partial charge < -0.3 is 19.6 Å². The predicted octanol–water partition coefficient (Wildman–Crippen LogP) is 2.26. The molecule has 7 nitrogen and oxygen atoms in total. The first kappa shape index (κ1) is 21.9. The second-order valence-electron chi connectivity index (χ2n) is 9.20. The summed E-state index contributed by atoms with van der Waals surface area (Å²) in [7, 11) is 2.03. The number of carbonyl (C=O) groups excluding carboxylic acids is 1. The Balaban J connectivity index is 1.51. The van der Waals surface area contributed by atoms with Gasteiger partial charge in [-0.15, -0.1) is 0 Å². The van der Waals surface area contributed by atoms with Crippen LogP contribution in [0.5, 0.6) is 0 Å². The number of rotatable bonds is 4. The van der Waals surface area contributed by atoms with E-state index < -0.39 is 0 Å². The summed E-state index contributed by atoms with van der Waals surface area (Å²) in [6, 6.07) is 16.1. The van der Waals surface area contributed by atoms with Crippen LogP contribution in [0.1, 0.15) is 23.6 Å². The number of carbonyl (C=O) groups is 1. The Labute approximate surface area is 194 Å². The van der Waals surface area contributed by atoms with Gasteiger partial charge in [-0.2, -0.15) is 5.26 Å². The molecule has 3 heterocycles. The normalized spacial score (nSPS) is 24.8. The molecule has 2 aromatic carbocycles. The maximum absolute atomic E-state index is 13.4. The van der Waals surface area contributed by atoms with Crippen LogP contribution >= 0.6 is 0 Å². The molecule has 1 N–H and O–H groups in total. The first-order valence-corrected chi connectivity index (χ1v) is 11.7. The number of hydrogen-bond acceptors (Lipinski definition) is 6. The number of nitriles is 1. The van der Waals surface area contributed by atoms with Gasteiger partial charge in [0, 0.05) is 38.3 Å². The number of nitrogens with zero attached hydrogens (tertiary/aromatic N) is 4. The minimum Gasteiger partial charge on any atom is -0.394 e. The molecule has 3 aliphatic heterocycles. The fourth-order valence-corrected chi connectivity index (χ4v) is 5.72. The van der Waals surface area contributed by atoms with Crippen LogP contribution in [0.25, 0.3) is 11.1 Å². The van der Waals surface area contributed by atoms with E-state index in [9.17, 15) is 15.2 Å². The van der Waals surface area contributed by atoms with Crippen LogP contribution in [0.2, 0.25) is 0 Å². The fourth-order valence-electron chi connectivity index (χ4n) is 5.72. The lowest BCUT2D eigenvalue weighted by molar-refractivity contribution is -0.135. The summed E-state index contributed by atoms with van der Waals surface area (Å²) in [6.45, 7) is 4.09. The van der Waals surface area contributed by atoms with E-state index in [1.165, 1.54) is 0 Å². The van der Waals surface area contributed by atoms with Crippen molar-refractivity contribution < 1.29 is 14.6 Å². The second kappa shape index (κ2) is 9.14. The third-order valence-corrected chi connectivity index (χ3v) is 7.46. The Morgan fingerprint density at radius 3 is 2.70 bits per heavy atom. The van der Waals surface area contributed by atoms with Crippen LogP contribution in [0, 0.1) is 17.2 Å². The van der Waals surface area contributed by atoms with Crippen molar-refractivity contribution >= 4 is 11.6 Å². The van der Waals surface area contributed by atoms with Gasteiger partial charge in [0.1, 0.15) is 0 Å². The molecule has 0 unspecified atom stereocenters. The van der Waals surface area contributed by atoms with Crippen molar-refractivity contribution in [1.29, 1.82) is 5.26 Å². The molecule has 2 aromatic rings. The highest BCUT2D eigenvalue weighted by atomic mass is 16.5. The minimum absolute atomic E-state index is 0.0172. The molecule has 7 heteroatoms. The van der Waals surface area contributed by atoms with Gasteiger partial charge in [0.2, 0.25) is 5.91 Å². The number of likely N-dealkylation sites (N-methyl/N-ethyl adjacent to an activating group) is 1. The molecule has 2 fully saturated rings. The van der Waals surface area contributed by atoms with Crippen molar-refractivity contribution in [1.82, 2.24) is 9.80 Å². The summed E-state index contributed by atoms with van der Waals surface area (Å²) in [6.07, 6.45) is 0.878. The third kappa shape index (κ3) is 3.99. The largest absolute Gasteiger partial charge is 0.394 e. The second-order valence-corrected chi connectivity index (χ2v) is 9.20. The topological polar surface area (TPSA) is 80.0 Å². The van der Waals surface area contributed by atoms with Gasteiger partial charge >= 0.3 is 0 Å². The molecule has 0 bridgehead atoms. The van der Waals surface area contributed by atoms with Crippen LogP contribution in [0.3, 0.4) is 0 Å². The van der Waals surface area contributed by atoms with Gasteiger partial charge in [-0.3, -0.25) is 9.69 Å². The molecular formula is C26H30N4O3. The number of amides is 1. The van der Waals surface area contributed by atoms with Crippen molar-refractivity contribution in [2.75, 3.05) is 57.9 Å². The van der Waals surface area contributed by atoms with Crippen molar-refractivity contribution in [3.8, 4) is 17.2 Å². The number of fused-ring (bicyclic) bond motifs is 3. The maximum atomic E-state index is 13.4. The highest BCUT2D eigenvalue weighted by Crippen LogP contribution is 2.49. The Hall–Kier alpha value is -2.92. The number of aliphatic hydroxyl groups is 1. The zero-order chi connectivity index (χ0) is 22.9. The minimum atomic E-state index is -0.0546. The van der Waals surface area contributed by atoms with Gasteiger partial charge in [0.05, 0.1) is 50.1 Å². The van der Waals surface area contributed by atoms with Crippen molar-refractivity contribution in [3.63, 3.8) is 0 Å². The van der Waals surface area contributed by atoms with E-state index in [4.69, 9.17) is 4.74 Å². The Bertz CT molecular complexity index is 1080. The van der Waals surface area contributed by atoms with Gasteiger partial charge in [-0.1, -0.05) is 18.2 Å². The molecule has 0 aliphatic carbocycles. The van der Waals surface area contributed by atoms with Gasteiger partial charge in [-0.25, -0.2) is 0 Å². The van der Waals surface area contributed by atoms with Gasteiger partial charge in [0.25, 0.3) is 0 Å². The lowest BCUT2D eigenvalue weighted by Crippen LogP contribution is -2.50. The molecule has 5 rings (SSSR count). The summed E-state index contributed by atoms with van der Waals surface area (Å²) < 4.78 is 5.43. The van der Waals surface area contributed by atoms with Crippen molar-refractivity contribution in [3.05, 3.63) is 53.6 Å². The average Bonchev–Trinajstić information content (AvgIpc) is 3.30. The van der Waals surface area contributed by atoms with Crippen molar-refractivity contribution in [2.24, 2.45) is 5.92 Å². The Morgan fingerprint density at radius 1 is 1.15 bits per heavy atom. The molecule has 0 aromatic heterocycles. The highest BCUT2D eigenvalue weighted by molar-refractivity contribution is 5.80. The number of anilines is 1. The standard InChI is InChI=1S/C26H30N4O3/c1-28-23-6-5-20(19-4-2-3-18(13-19)15-27)14-22(23)26-21(24(28)17-31)7-8-30(26)25(32)16-29-9-11-33-12-10-29/h2-6,13-14,21,24,26,31H,7-12,16-17H2,1H3/t21-,24-,26-/m1/s1. The number of hydrogen-bond donors (Lipinski definition) is 1. The van der Waals surface area contributed by atoms with Crippen LogP contribution in [0.4, 0.5) is 5.69 Å². The zero-order valence-electron chi connectivity index (χ0n) is 19.0. The molecule has 0 radical (unpaired) electrons. The van der Waals surface area contributed by atoms with E-state index in [1.807, 2.05) is 30.1 Å². The van der Waals surface area contributed by atoms with E-state index >= 15 is 0 Å². The lowest BCUT2D eigenvalue weighted by Gasteiger charge is -2.45. The third-order valence-electron chi connectivity index (χ3n) is 7.46. The summed E-state index contributed by atoms with van der Waals surface area (Å²) in [4.78, 5) is 19.8. The number of ether oxygens (including phenoxy) is 1. The molecule has 0 spiro atoms. The molecule has 1 amide bonds. The molecular weight excluding hydrogens is 416 g/mol. The summed E-state index contributed by atoms with van der Waals surface area (Å²) >= 11 is 0. The SMILES string of the molecule is CN1c2ccc(-c3cccc(C#N)c3)cc2[C@H]2[C@H](CCN2C(=O)CN2CCOCC2)[C@H]1CO. The summed E-state index contributed by atoms with van der Waals surface area (Å²) in [5.41, 5.74) is 4.84. The van der Waals surface area contributed by atoms with Crippen LogP contribution < -0.4 is 4.90 Å². The summed E-state index contributed by atoms with van der Waals surface area (Å²) in [5.74, 6) is 0.329. The maximum Gasteiger partial charge on any atom is 0.237 e. The van der Waals surface area contributed by atoms with E-state index in [0.717, 1.165) is 41.9 Å². The van der Waals surface area contributed by atoms with E-state index in [-0.39, 0.29) is 30.5 Å². The van der Waals surface area contributed by atoms with E-state index in [1.54, 1.807) is 6.07 Å². The predicted molar refractivity (Wildman–Crippen MR) is 126 cm³/mol. The average molecular weight is 447 g/mol. The van der Waals surface area contributed by atoms with E-state index in [2.05, 4.69) is 34.1 Å². The van der Waals surface area contributed by atoms with Crippen LogP contribution in [-0.4, -0.2) is 79.9 Å². The Kier molecular flexibility index (Phi) is 6.07. The zero-order valence-corrected chi connectivity index (χ0v) is 19.0. The molecule has 33 heavy (non-hydrogen) atoms. The van der Waals surface area contributed by atoms with Gasteiger partial charge in [-0.05, 0) is 47.4 Å². The first-order chi connectivity index (χ1) is 16.1.